The number of esters is 2. The standard InChI is InChI=1S/C24H23NO5/c1-15-14-21(16(2)25(15)20-8-6-5-7-9-20)22(26)17(3)30-24(28)19-12-10-18(11-13-19)23(27)29-4/h5-14,17H,1-4H3/t17-/m1/s1. The monoisotopic (exact) mass is 405 g/mol. The van der Waals surface area contributed by atoms with Gasteiger partial charge in [-0.1, -0.05) is 18.2 Å². The summed E-state index contributed by atoms with van der Waals surface area (Å²) in [5, 5.41) is 0. The summed E-state index contributed by atoms with van der Waals surface area (Å²) in [5.74, 6) is -1.40. The van der Waals surface area contributed by atoms with E-state index in [1.807, 2.05) is 48.7 Å². The second kappa shape index (κ2) is 8.78. The molecule has 6 heteroatoms. The summed E-state index contributed by atoms with van der Waals surface area (Å²) < 4.78 is 12.0. The van der Waals surface area contributed by atoms with E-state index in [1.54, 1.807) is 13.0 Å². The molecular weight excluding hydrogens is 382 g/mol. The number of aromatic nitrogens is 1. The first-order chi connectivity index (χ1) is 14.3. The predicted molar refractivity (Wildman–Crippen MR) is 112 cm³/mol. The van der Waals surface area contributed by atoms with Crippen LogP contribution in [-0.4, -0.2) is 35.5 Å². The van der Waals surface area contributed by atoms with Crippen molar-refractivity contribution >= 4 is 17.7 Å². The Morgan fingerprint density at radius 3 is 2.00 bits per heavy atom. The van der Waals surface area contributed by atoms with Gasteiger partial charge in [0.1, 0.15) is 0 Å². The van der Waals surface area contributed by atoms with Crippen molar-refractivity contribution < 1.29 is 23.9 Å². The highest BCUT2D eigenvalue weighted by molar-refractivity contribution is 6.02. The van der Waals surface area contributed by atoms with Crippen molar-refractivity contribution in [2.45, 2.75) is 26.9 Å². The van der Waals surface area contributed by atoms with Crippen LogP contribution in [0, 0.1) is 13.8 Å². The number of carbonyl (C=O) groups excluding carboxylic acids is 3. The minimum atomic E-state index is -0.956. The molecule has 0 bridgehead atoms. The molecule has 1 heterocycles. The van der Waals surface area contributed by atoms with Crippen molar-refractivity contribution in [3.8, 4) is 5.69 Å². The van der Waals surface area contributed by atoms with Crippen LogP contribution in [0.2, 0.25) is 0 Å². The van der Waals surface area contributed by atoms with Crippen LogP contribution < -0.4 is 0 Å². The summed E-state index contributed by atoms with van der Waals surface area (Å²) in [6.45, 7) is 5.35. The molecule has 3 aromatic rings. The lowest BCUT2D eigenvalue weighted by Gasteiger charge is -2.13. The topological polar surface area (TPSA) is 74.6 Å². The van der Waals surface area contributed by atoms with Crippen LogP contribution in [0.4, 0.5) is 0 Å². The summed E-state index contributed by atoms with van der Waals surface area (Å²) >= 11 is 0. The largest absolute Gasteiger partial charge is 0.465 e. The molecule has 0 amide bonds. The number of methoxy groups -OCH3 is 1. The molecule has 0 saturated heterocycles. The van der Waals surface area contributed by atoms with E-state index in [1.165, 1.54) is 31.4 Å². The molecule has 0 saturated carbocycles. The van der Waals surface area contributed by atoms with Gasteiger partial charge in [-0.05, 0) is 63.2 Å². The number of benzene rings is 2. The van der Waals surface area contributed by atoms with Crippen molar-refractivity contribution in [2.75, 3.05) is 7.11 Å². The quantitative estimate of drug-likeness (QED) is 0.451. The summed E-state index contributed by atoms with van der Waals surface area (Å²) in [4.78, 5) is 36.9. The van der Waals surface area contributed by atoms with Crippen LogP contribution >= 0.6 is 0 Å². The molecule has 1 aromatic heterocycles. The fraction of sp³-hybridized carbons (Fsp3) is 0.208. The van der Waals surface area contributed by atoms with E-state index in [9.17, 15) is 14.4 Å². The number of Topliss-reactive ketones (excluding diaryl/α,β-unsaturated/α-hetero) is 1. The molecule has 6 nitrogen and oxygen atoms in total. The molecule has 0 aliphatic rings. The van der Waals surface area contributed by atoms with E-state index in [0.29, 0.717) is 11.1 Å². The molecule has 30 heavy (non-hydrogen) atoms. The Kier molecular flexibility index (Phi) is 6.16. The number of rotatable bonds is 6. The number of ether oxygens (including phenoxy) is 2. The lowest BCUT2D eigenvalue weighted by molar-refractivity contribution is 0.0318. The Morgan fingerprint density at radius 2 is 1.43 bits per heavy atom. The van der Waals surface area contributed by atoms with Gasteiger partial charge in [0.15, 0.2) is 6.10 Å². The Labute approximate surface area is 175 Å². The van der Waals surface area contributed by atoms with Gasteiger partial charge in [0.05, 0.1) is 18.2 Å². The molecular formula is C24H23NO5. The van der Waals surface area contributed by atoms with Gasteiger partial charge < -0.3 is 14.0 Å². The Morgan fingerprint density at radius 1 is 0.867 bits per heavy atom. The number of carbonyl (C=O) groups is 3. The Bertz CT molecular complexity index is 1080. The lowest BCUT2D eigenvalue weighted by Crippen LogP contribution is -2.25. The minimum Gasteiger partial charge on any atom is -0.465 e. The fourth-order valence-corrected chi connectivity index (χ4v) is 3.35. The van der Waals surface area contributed by atoms with Gasteiger partial charge in [-0.3, -0.25) is 4.79 Å². The van der Waals surface area contributed by atoms with Gasteiger partial charge in [-0.2, -0.15) is 0 Å². The fourth-order valence-electron chi connectivity index (χ4n) is 3.35. The third kappa shape index (κ3) is 4.17. The molecule has 0 spiro atoms. The maximum absolute atomic E-state index is 13.0. The summed E-state index contributed by atoms with van der Waals surface area (Å²) in [6, 6.07) is 17.4. The average Bonchev–Trinajstić information content (AvgIpc) is 3.06. The van der Waals surface area contributed by atoms with Gasteiger partial charge in [-0.15, -0.1) is 0 Å². The smallest absolute Gasteiger partial charge is 0.338 e. The number of para-hydroxylation sites is 1. The predicted octanol–water partition coefficient (Wildman–Crippen LogP) is 4.31. The van der Waals surface area contributed by atoms with E-state index in [4.69, 9.17) is 4.74 Å². The number of hydrogen-bond donors (Lipinski definition) is 0. The van der Waals surface area contributed by atoms with Gasteiger partial charge in [0.25, 0.3) is 0 Å². The maximum Gasteiger partial charge on any atom is 0.338 e. The van der Waals surface area contributed by atoms with E-state index in [-0.39, 0.29) is 11.3 Å². The zero-order chi connectivity index (χ0) is 21.8. The number of aryl methyl sites for hydroxylation is 1. The Hall–Kier alpha value is -3.67. The van der Waals surface area contributed by atoms with Crippen molar-refractivity contribution in [1.29, 1.82) is 0 Å². The maximum atomic E-state index is 13.0. The first-order valence-electron chi connectivity index (χ1n) is 9.51. The molecule has 2 aromatic carbocycles. The first-order valence-corrected chi connectivity index (χ1v) is 9.51. The van der Waals surface area contributed by atoms with Gasteiger partial charge in [0.2, 0.25) is 5.78 Å². The van der Waals surface area contributed by atoms with Crippen molar-refractivity contribution in [1.82, 2.24) is 4.57 Å². The highest BCUT2D eigenvalue weighted by atomic mass is 16.5. The van der Waals surface area contributed by atoms with Crippen LogP contribution in [0.25, 0.3) is 5.69 Å². The van der Waals surface area contributed by atoms with Crippen LogP contribution in [0.15, 0.2) is 60.7 Å². The van der Waals surface area contributed by atoms with E-state index in [0.717, 1.165) is 17.1 Å². The highest BCUT2D eigenvalue weighted by Crippen LogP contribution is 2.22. The summed E-state index contributed by atoms with van der Waals surface area (Å²) in [6.07, 6.45) is -0.956. The molecule has 3 rings (SSSR count). The molecule has 154 valence electrons. The molecule has 0 unspecified atom stereocenters. The number of nitrogens with zero attached hydrogens (tertiary/aromatic N) is 1. The SMILES string of the molecule is COC(=O)c1ccc(C(=O)O[C@H](C)C(=O)c2cc(C)n(-c3ccccc3)c2C)cc1. The van der Waals surface area contributed by atoms with E-state index < -0.39 is 18.0 Å². The third-order valence-corrected chi connectivity index (χ3v) is 4.91. The van der Waals surface area contributed by atoms with Crippen LogP contribution in [0.5, 0.6) is 0 Å². The lowest BCUT2D eigenvalue weighted by atomic mass is 10.1. The Balaban J connectivity index is 1.76. The minimum absolute atomic E-state index is 0.247. The number of ketones is 1. The van der Waals surface area contributed by atoms with E-state index >= 15 is 0 Å². The molecule has 0 radical (unpaired) electrons. The van der Waals surface area contributed by atoms with Gasteiger partial charge in [-0.25, -0.2) is 9.59 Å². The molecule has 1 atom stereocenters. The van der Waals surface area contributed by atoms with Crippen molar-refractivity contribution in [2.24, 2.45) is 0 Å². The third-order valence-electron chi connectivity index (χ3n) is 4.91. The van der Waals surface area contributed by atoms with Gasteiger partial charge in [0, 0.05) is 22.6 Å². The van der Waals surface area contributed by atoms with Crippen molar-refractivity contribution in [3.63, 3.8) is 0 Å². The number of hydrogen-bond acceptors (Lipinski definition) is 5. The zero-order valence-electron chi connectivity index (χ0n) is 17.3. The second-order valence-corrected chi connectivity index (χ2v) is 6.94. The highest BCUT2D eigenvalue weighted by Gasteiger charge is 2.25. The van der Waals surface area contributed by atoms with Crippen LogP contribution in [-0.2, 0) is 9.47 Å². The van der Waals surface area contributed by atoms with Crippen molar-refractivity contribution in [3.05, 3.63) is 88.7 Å². The molecule has 0 fully saturated rings. The van der Waals surface area contributed by atoms with Gasteiger partial charge >= 0.3 is 11.9 Å². The summed E-state index contributed by atoms with van der Waals surface area (Å²) in [7, 11) is 1.28. The summed E-state index contributed by atoms with van der Waals surface area (Å²) in [5.41, 5.74) is 3.75. The van der Waals surface area contributed by atoms with Crippen LogP contribution in [0.1, 0.15) is 49.4 Å². The molecule has 0 aliphatic carbocycles. The molecule has 0 aliphatic heterocycles. The second-order valence-electron chi connectivity index (χ2n) is 6.94. The first kappa shape index (κ1) is 21.0. The normalized spacial score (nSPS) is 11.6. The van der Waals surface area contributed by atoms with E-state index in [2.05, 4.69) is 4.74 Å². The average molecular weight is 405 g/mol. The molecule has 0 N–H and O–H groups in total. The zero-order valence-corrected chi connectivity index (χ0v) is 17.3. The van der Waals surface area contributed by atoms with Crippen LogP contribution in [0.3, 0.4) is 0 Å².